The third-order valence-corrected chi connectivity index (χ3v) is 8.15. The molecule has 1 N–H and O–H groups in total. The summed E-state index contributed by atoms with van der Waals surface area (Å²) in [6.07, 6.45) is 2.20. The molecule has 0 atom stereocenters. The molecule has 0 saturated heterocycles. The van der Waals surface area contributed by atoms with Gasteiger partial charge >= 0.3 is 0 Å². The maximum atomic E-state index is 3.54. The number of aromatic amines is 1. The predicted molar refractivity (Wildman–Crippen MR) is 173 cm³/mol. The van der Waals surface area contributed by atoms with Gasteiger partial charge < -0.3 is 9.55 Å². The van der Waals surface area contributed by atoms with Crippen molar-refractivity contribution in [2.75, 3.05) is 0 Å². The summed E-state index contributed by atoms with van der Waals surface area (Å²) in [4.78, 5) is 3.54. The molecule has 7 rings (SSSR count). The van der Waals surface area contributed by atoms with Crippen molar-refractivity contribution in [3.8, 4) is 16.8 Å². The van der Waals surface area contributed by atoms with Crippen molar-refractivity contribution in [1.82, 2.24) is 9.55 Å². The van der Waals surface area contributed by atoms with E-state index in [0.717, 1.165) is 12.8 Å². The molecule has 0 unspecified atom stereocenters. The summed E-state index contributed by atoms with van der Waals surface area (Å²) in [6.45, 7) is 9.19. The second kappa shape index (κ2) is 9.71. The van der Waals surface area contributed by atoms with Crippen LogP contribution in [0.5, 0.6) is 0 Å². The minimum Gasteiger partial charge on any atom is -0.355 e. The van der Waals surface area contributed by atoms with Gasteiger partial charge in [-0.05, 0) is 102 Å². The Labute approximate surface area is 236 Å². The highest BCUT2D eigenvalue weighted by atomic mass is 15.0. The molecule has 0 aliphatic rings. The van der Waals surface area contributed by atoms with Crippen molar-refractivity contribution in [3.05, 3.63) is 114 Å². The van der Waals surface area contributed by atoms with Gasteiger partial charge in [0.15, 0.2) is 0 Å². The fourth-order valence-corrected chi connectivity index (χ4v) is 6.42. The van der Waals surface area contributed by atoms with E-state index in [4.69, 9.17) is 0 Å². The molecular weight excluding hydrogens is 484 g/mol. The van der Waals surface area contributed by atoms with Crippen LogP contribution in [0, 0.1) is 11.8 Å². The zero-order valence-corrected chi connectivity index (χ0v) is 23.8. The summed E-state index contributed by atoms with van der Waals surface area (Å²) in [5.74, 6) is 1.27. The molecular formula is C38H36N2. The van der Waals surface area contributed by atoms with Crippen LogP contribution >= 0.6 is 0 Å². The maximum absolute atomic E-state index is 3.54. The lowest BCUT2D eigenvalue weighted by atomic mass is 9.99. The lowest BCUT2D eigenvalue weighted by molar-refractivity contribution is 0.647. The first-order valence-corrected chi connectivity index (χ1v) is 14.6. The first-order valence-electron chi connectivity index (χ1n) is 14.6. The van der Waals surface area contributed by atoms with Crippen LogP contribution in [0.15, 0.2) is 103 Å². The Morgan fingerprint density at radius 1 is 0.525 bits per heavy atom. The van der Waals surface area contributed by atoms with Crippen LogP contribution in [0.25, 0.3) is 60.4 Å². The lowest BCUT2D eigenvalue weighted by Crippen LogP contribution is -1.96. The minimum absolute atomic E-state index is 0.637. The van der Waals surface area contributed by atoms with E-state index < -0.39 is 0 Å². The molecule has 40 heavy (non-hydrogen) atoms. The van der Waals surface area contributed by atoms with Crippen molar-refractivity contribution in [1.29, 1.82) is 0 Å². The number of para-hydroxylation sites is 1. The van der Waals surface area contributed by atoms with E-state index >= 15 is 0 Å². The fraction of sp³-hybridized carbons (Fsp3) is 0.211. The molecule has 0 amide bonds. The highest BCUT2D eigenvalue weighted by Gasteiger charge is 2.15. The van der Waals surface area contributed by atoms with Gasteiger partial charge in [-0.2, -0.15) is 0 Å². The molecule has 2 heteroatoms. The van der Waals surface area contributed by atoms with Crippen LogP contribution < -0.4 is 0 Å². The molecule has 5 aromatic carbocycles. The number of nitrogens with zero attached hydrogens (tertiary/aromatic N) is 1. The quantitative estimate of drug-likeness (QED) is 0.225. The molecule has 2 heterocycles. The normalized spacial score (nSPS) is 12.2. The van der Waals surface area contributed by atoms with Crippen LogP contribution in [0.1, 0.15) is 38.8 Å². The van der Waals surface area contributed by atoms with E-state index in [0.29, 0.717) is 11.8 Å². The second-order valence-electron chi connectivity index (χ2n) is 12.2. The number of fused-ring (bicyclic) bond motifs is 6. The van der Waals surface area contributed by atoms with E-state index in [2.05, 4.69) is 140 Å². The van der Waals surface area contributed by atoms with Crippen LogP contribution in [0.4, 0.5) is 0 Å². The summed E-state index contributed by atoms with van der Waals surface area (Å²) >= 11 is 0. The Morgan fingerprint density at radius 2 is 1.10 bits per heavy atom. The zero-order valence-electron chi connectivity index (χ0n) is 23.8. The van der Waals surface area contributed by atoms with Gasteiger partial charge in [-0.1, -0.05) is 76.2 Å². The monoisotopic (exact) mass is 520 g/mol. The van der Waals surface area contributed by atoms with Crippen LogP contribution in [0.2, 0.25) is 0 Å². The van der Waals surface area contributed by atoms with Gasteiger partial charge in [-0.3, -0.25) is 0 Å². The van der Waals surface area contributed by atoms with E-state index in [1.165, 1.54) is 71.6 Å². The molecule has 0 spiro atoms. The number of hydrogen-bond acceptors (Lipinski definition) is 0. The first-order chi connectivity index (χ1) is 19.4. The smallest absolute Gasteiger partial charge is 0.0541 e. The summed E-state index contributed by atoms with van der Waals surface area (Å²) < 4.78 is 2.44. The Kier molecular flexibility index (Phi) is 6.00. The van der Waals surface area contributed by atoms with Gasteiger partial charge in [-0.25, -0.2) is 0 Å². The molecule has 198 valence electrons. The molecule has 0 radical (unpaired) electrons. The van der Waals surface area contributed by atoms with E-state index in [-0.39, 0.29) is 0 Å². The van der Waals surface area contributed by atoms with Gasteiger partial charge in [0.2, 0.25) is 0 Å². The number of aromatic nitrogens is 2. The Bertz CT molecular complexity index is 1930. The molecule has 7 aromatic rings. The third-order valence-electron chi connectivity index (χ3n) is 8.15. The lowest BCUT2D eigenvalue weighted by Gasteiger charge is -2.11. The number of nitrogens with one attached hydrogen (secondary N) is 1. The van der Waals surface area contributed by atoms with E-state index in [9.17, 15) is 0 Å². The van der Waals surface area contributed by atoms with Gasteiger partial charge in [0.1, 0.15) is 0 Å². The average molecular weight is 521 g/mol. The van der Waals surface area contributed by atoms with Gasteiger partial charge in [0, 0.05) is 38.3 Å². The Hall–Kier alpha value is -4.30. The molecule has 0 aliphatic carbocycles. The fourth-order valence-electron chi connectivity index (χ4n) is 6.42. The van der Waals surface area contributed by atoms with Gasteiger partial charge in [0.25, 0.3) is 0 Å². The molecule has 2 aromatic heterocycles. The van der Waals surface area contributed by atoms with Crippen molar-refractivity contribution >= 4 is 43.6 Å². The van der Waals surface area contributed by atoms with Crippen molar-refractivity contribution in [2.45, 2.75) is 40.5 Å². The van der Waals surface area contributed by atoms with Crippen molar-refractivity contribution in [3.63, 3.8) is 0 Å². The maximum Gasteiger partial charge on any atom is 0.0541 e. The predicted octanol–water partition coefficient (Wildman–Crippen LogP) is 10.5. The second-order valence-corrected chi connectivity index (χ2v) is 12.2. The third kappa shape index (κ3) is 4.29. The molecule has 0 aliphatic heterocycles. The SMILES string of the molecule is CC(C)Cc1ccc2c(c1)c1cc(CC(C)C)ccc1n2-c1ccc(-c2ccc3[nH]c4ccccc4c3c2)cc1. The number of benzene rings is 5. The topological polar surface area (TPSA) is 20.7 Å². The number of rotatable bonds is 6. The van der Waals surface area contributed by atoms with Crippen LogP contribution in [-0.2, 0) is 12.8 Å². The van der Waals surface area contributed by atoms with E-state index in [1.807, 2.05) is 0 Å². The van der Waals surface area contributed by atoms with Gasteiger partial charge in [-0.15, -0.1) is 0 Å². The largest absolute Gasteiger partial charge is 0.355 e. The summed E-state index contributed by atoms with van der Waals surface area (Å²) in [7, 11) is 0. The van der Waals surface area contributed by atoms with Crippen LogP contribution in [0.3, 0.4) is 0 Å². The Balaban J connectivity index is 1.34. The highest BCUT2D eigenvalue weighted by molar-refractivity contribution is 6.10. The average Bonchev–Trinajstić information content (AvgIpc) is 3.47. The first kappa shape index (κ1) is 24.7. The van der Waals surface area contributed by atoms with Gasteiger partial charge in [0.05, 0.1) is 11.0 Å². The molecule has 0 fully saturated rings. The van der Waals surface area contributed by atoms with E-state index in [1.54, 1.807) is 0 Å². The Morgan fingerprint density at radius 3 is 1.73 bits per heavy atom. The molecule has 0 saturated carbocycles. The summed E-state index contributed by atoms with van der Waals surface area (Å²) in [5, 5.41) is 5.25. The summed E-state index contributed by atoms with van der Waals surface area (Å²) in [5.41, 5.74) is 11.4. The number of H-pyrrole nitrogens is 1. The van der Waals surface area contributed by atoms with Crippen molar-refractivity contribution < 1.29 is 0 Å². The highest BCUT2D eigenvalue weighted by Crippen LogP contribution is 2.35. The van der Waals surface area contributed by atoms with Crippen LogP contribution in [-0.4, -0.2) is 9.55 Å². The molecule has 2 nitrogen and oxygen atoms in total. The molecule has 0 bridgehead atoms. The summed E-state index contributed by atoms with van der Waals surface area (Å²) in [6, 6.07) is 38.5. The van der Waals surface area contributed by atoms with Crippen molar-refractivity contribution in [2.24, 2.45) is 11.8 Å². The standard InChI is InChI=1S/C38H36N2/c1-24(2)19-26-9-17-37-33(21-26)34-22-27(20-25(3)4)10-18-38(34)40(37)30-14-11-28(12-15-30)29-13-16-36-32(23-29)31-7-5-6-8-35(31)39-36/h5-18,21-25,39H,19-20H2,1-4H3. The minimum atomic E-state index is 0.637. The number of hydrogen-bond donors (Lipinski definition) is 1. The zero-order chi connectivity index (χ0) is 27.4.